The molecule has 1 saturated carbocycles. The number of furan rings is 1. The maximum Gasteiger partial charge on any atom is 0.223 e. The van der Waals surface area contributed by atoms with Crippen molar-refractivity contribution in [1.29, 1.82) is 0 Å². The number of carbonyl (C=O) groups excluding carboxylic acids is 1. The van der Waals surface area contributed by atoms with Gasteiger partial charge < -0.3 is 9.32 Å². The van der Waals surface area contributed by atoms with E-state index in [0.29, 0.717) is 18.8 Å². The highest BCUT2D eigenvalue weighted by atomic mass is 16.3. The third-order valence-corrected chi connectivity index (χ3v) is 5.72. The van der Waals surface area contributed by atoms with Gasteiger partial charge in [-0.25, -0.2) is 0 Å². The van der Waals surface area contributed by atoms with Gasteiger partial charge in [0.15, 0.2) is 0 Å². The lowest BCUT2D eigenvalue weighted by atomic mass is 10.2. The van der Waals surface area contributed by atoms with Crippen molar-refractivity contribution in [3.8, 4) is 0 Å². The summed E-state index contributed by atoms with van der Waals surface area (Å²) in [5.74, 6) is 3.67. The molecule has 0 N–H and O–H groups in total. The first kappa shape index (κ1) is 17.3. The average Bonchev–Trinajstić information content (AvgIpc) is 3.21. The minimum atomic E-state index is 0.252. The van der Waals surface area contributed by atoms with Crippen molar-refractivity contribution < 1.29 is 9.21 Å². The van der Waals surface area contributed by atoms with Crippen LogP contribution in [0.25, 0.3) is 0 Å². The summed E-state index contributed by atoms with van der Waals surface area (Å²) in [4.78, 5) is 16.9. The summed E-state index contributed by atoms with van der Waals surface area (Å²) in [6.07, 6.45) is 2.50. The summed E-state index contributed by atoms with van der Waals surface area (Å²) in [6, 6.07) is 14.7. The molecule has 2 aromatic rings. The second-order valence-corrected chi connectivity index (χ2v) is 7.77. The van der Waals surface area contributed by atoms with Gasteiger partial charge in [0.1, 0.15) is 11.5 Å². The first-order valence-corrected chi connectivity index (χ1v) is 9.82. The minimum Gasteiger partial charge on any atom is -0.466 e. The SMILES string of the molecule is CC1CC1c1ccc(CCC(=O)N2CCN(Cc3ccccc3)CC2)o1. The first-order valence-electron chi connectivity index (χ1n) is 9.82. The van der Waals surface area contributed by atoms with Gasteiger partial charge in [-0.2, -0.15) is 0 Å². The van der Waals surface area contributed by atoms with E-state index >= 15 is 0 Å². The second kappa shape index (κ2) is 7.67. The van der Waals surface area contributed by atoms with Crippen LogP contribution in [0, 0.1) is 5.92 Å². The molecule has 2 aliphatic rings. The maximum atomic E-state index is 12.5. The number of aryl methyl sites for hydroxylation is 1. The van der Waals surface area contributed by atoms with Gasteiger partial charge in [-0.05, 0) is 30.0 Å². The number of carbonyl (C=O) groups is 1. The number of nitrogens with zero attached hydrogens (tertiary/aromatic N) is 2. The first-order chi connectivity index (χ1) is 12.7. The van der Waals surface area contributed by atoms with Gasteiger partial charge in [-0.3, -0.25) is 9.69 Å². The van der Waals surface area contributed by atoms with Crippen LogP contribution in [0.5, 0.6) is 0 Å². The summed E-state index contributed by atoms with van der Waals surface area (Å²) in [5.41, 5.74) is 1.34. The van der Waals surface area contributed by atoms with E-state index in [0.717, 1.165) is 50.2 Å². The van der Waals surface area contributed by atoms with Crippen LogP contribution in [0.4, 0.5) is 0 Å². The Morgan fingerprint density at radius 2 is 1.81 bits per heavy atom. The smallest absolute Gasteiger partial charge is 0.223 e. The van der Waals surface area contributed by atoms with Gasteiger partial charge in [0.05, 0.1) is 0 Å². The van der Waals surface area contributed by atoms with E-state index in [1.165, 1.54) is 12.0 Å². The Hall–Kier alpha value is -2.07. The molecule has 0 radical (unpaired) electrons. The number of piperazine rings is 1. The number of hydrogen-bond donors (Lipinski definition) is 0. The summed E-state index contributed by atoms with van der Waals surface area (Å²) in [6.45, 7) is 6.78. The fourth-order valence-electron chi connectivity index (χ4n) is 3.83. The Balaban J connectivity index is 1.20. The summed E-state index contributed by atoms with van der Waals surface area (Å²) >= 11 is 0. The molecule has 4 heteroatoms. The topological polar surface area (TPSA) is 36.7 Å². The van der Waals surface area contributed by atoms with Crippen LogP contribution in [-0.4, -0.2) is 41.9 Å². The largest absolute Gasteiger partial charge is 0.466 e. The molecule has 1 saturated heterocycles. The fourth-order valence-corrected chi connectivity index (χ4v) is 3.83. The van der Waals surface area contributed by atoms with E-state index in [1.807, 2.05) is 17.0 Å². The molecule has 4 nitrogen and oxygen atoms in total. The summed E-state index contributed by atoms with van der Waals surface area (Å²) in [5, 5.41) is 0. The molecule has 2 fully saturated rings. The molecule has 138 valence electrons. The Morgan fingerprint density at radius 3 is 2.50 bits per heavy atom. The number of amides is 1. The lowest BCUT2D eigenvalue weighted by Crippen LogP contribution is -2.48. The quantitative estimate of drug-likeness (QED) is 0.796. The minimum absolute atomic E-state index is 0.252. The second-order valence-electron chi connectivity index (χ2n) is 7.77. The molecule has 1 aliphatic heterocycles. The van der Waals surface area contributed by atoms with Gasteiger partial charge in [0, 0.05) is 51.5 Å². The van der Waals surface area contributed by atoms with Crippen molar-refractivity contribution in [2.24, 2.45) is 5.92 Å². The third kappa shape index (κ3) is 4.18. The molecule has 0 bridgehead atoms. The van der Waals surface area contributed by atoms with E-state index in [-0.39, 0.29) is 5.91 Å². The van der Waals surface area contributed by atoms with Gasteiger partial charge >= 0.3 is 0 Å². The molecule has 2 atom stereocenters. The van der Waals surface area contributed by atoms with E-state index in [1.54, 1.807) is 0 Å². The van der Waals surface area contributed by atoms with Crippen LogP contribution in [0.2, 0.25) is 0 Å². The number of benzene rings is 1. The Morgan fingerprint density at radius 1 is 1.08 bits per heavy atom. The molecular formula is C22H28N2O2. The lowest BCUT2D eigenvalue weighted by molar-refractivity contribution is -0.133. The van der Waals surface area contributed by atoms with Crippen LogP contribution in [0.1, 0.15) is 42.8 Å². The standard InChI is InChI=1S/C22H28N2O2/c1-17-15-20(17)21-9-7-19(26-21)8-10-22(25)24-13-11-23(12-14-24)16-18-5-3-2-4-6-18/h2-7,9,17,20H,8,10-16H2,1H3. The van der Waals surface area contributed by atoms with Gasteiger partial charge in [-0.15, -0.1) is 0 Å². The van der Waals surface area contributed by atoms with Crippen LogP contribution in [0.3, 0.4) is 0 Å². The zero-order chi connectivity index (χ0) is 17.9. The highest BCUT2D eigenvalue weighted by Crippen LogP contribution is 2.47. The average molecular weight is 352 g/mol. The molecule has 1 aromatic carbocycles. The predicted octanol–water partition coefficient (Wildman–Crippen LogP) is 3.68. The highest BCUT2D eigenvalue weighted by Gasteiger charge is 2.36. The zero-order valence-corrected chi connectivity index (χ0v) is 15.6. The molecular weight excluding hydrogens is 324 g/mol. The molecule has 0 spiro atoms. The van der Waals surface area contributed by atoms with E-state index in [2.05, 4.69) is 42.2 Å². The van der Waals surface area contributed by atoms with Crippen molar-refractivity contribution in [2.75, 3.05) is 26.2 Å². The van der Waals surface area contributed by atoms with Crippen molar-refractivity contribution >= 4 is 5.91 Å². The number of hydrogen-bond acceptors (Lipinski definition) is 3. The van der Waals surface area contributed by atoms with E-state index < -0.39 is 0 Å². The monoisotopic (exact) mass is 352 g/mol. The molecule has 1 aromatic heterocycles. The molecule has 2 heterocycles. The maximum absolute atomic E-state index is 12.5. The fraction of sp³-hybridized carbons (Fsp3) is 0.500. The highest BCUT2D eigenvalue weighted by molar-refractivity contribution is 5.76. The van der Waals surface area contributed by atoms with Gasteiger partial charge in [0.2, 0.25) is 5.91 Å². The lowest BCUT2D eigenvalue weighted by Gasteiger charge is -2.34. The Kier molecular flexibility index (Phi) is 5.11. The zero-order valence-electron chi connectivity index (χ0n) is 15.6. The Labute approximate surface area is 155 Å². The van der Waals surface area contributed by atoms with Crippen molar-refractivity contribution in [2.45, 2.75) is 38.6 Å². The van der Waals surface area contributed by atoms with Crippen molar-refractivity contribution in [1.82, 2.24) is 9.80 Å². The van der Waals surface area contributed by atoms with E-state index in [4.69, 9.17) is 4.42 Å². The summed E-state index contributed by atoms with van der Waals surface area (Å²) in [7, 11) is 0. The third-order valence-electron chi connectivity index (χ3n) is 5.72. The molecule has 26 heavy (non-hydrogen) atoms. The van der Waals surface area contributed by atoms with Crippen molar-refractivity contribution in [3.63, 3.8) is 0 Å². The molecule has 1 amide bonds. The molecule has 2 unspecified atom stereocenters. The Bertz CT molecular complexity index is 732. The summed E-state index contributed by atoms with van der Waals surface area (Å²) < 4.78 is 5.92. The van der Waals surface area contributed by atoms with Gasteiger partial charge in [0.25, 0.3) is 0 Å². The molecule has 1 aliphatic carbocycles. The predicted molar refractivity (Wildman–Crippen MR) is 102 cm³/mol. The normalized spacial score (nSPS) is 23.2. The van der Waals surface area contributed by atoms with Crippen LogP contribution in [-0.2, 0) is 17.8 Å². The van der Waals surface area contributed by atoms with Crippen LogP contribution in [0.15, 0.2) is 46.9 Å². The number of rotatable bonds is 6. The van der Waals surface area contributed by atoms with Crippen LogP contribution >= 0.6 is 0 Å². The van der Waals surface area contributed by atoms with Crippen LogP contribution < -0.4 is 0 Å². The van der Waals surface area contributed by atoms with Gasteiger partial charge in [-0.1, -0.05) is 37.3 Å². The van der Waals surface area contributed by atoms with E-state index in [9.17, 15) is 4.79 Å². The molecule has 4 rings (SSSR count). The van der Waals surface area contributed by atoms with Crippen molar-refractivity contribution in [3.05, 3.63) is 59.5 Å².